The number of halogens is 2. The lowest BCUT2D eigenvalue weighted by Crippen LogP contribution is -1.92. The zero-order chi connectivity index (χ0) is 16.2. The molecule has 0 radical (unpaired) electrons. The normalized spacial score (nSPS) is 10.7. The van der Waals surface area contributed by atoms with Gasteiger partial charge in [-0.1, -0.05) is 35.9 Å². The first-order chi connectivity index (χ1) is 11.2. The summed E-state index contributed by atoms with van der Waals surface area (Å²) in [5.41, 5.74) is 2.28. The van der Waals surface area contributed by atoms with Crippen LogP contribution in [0.3, 0.4) is 0 Å². The first-order valence-electron chi connectivity index (χ1n) is 7.43. The molecule has 0 atom stereocenters. The van der Waals surface area contributed by atoms with E-state index in [0.29, 0.717) is 6.61 Å². The van der Waals surface area contributed by atoms with Gasteiger partial charge in [0.15, 0.2) is 0 Å². The largest absolute Gasteiger partial charge is 0.493 e. The molecule has 2 aromatic carbocycles. The molecule has 0 aliphatic rings. The van der Waals surface area contributed by atoms with Gasteiger partial charge < -0.3 is 4.74 Å². The van der Waals surface area contributed by atoms with Crippen LogP contribution >= 0.6 is 38.9 Å². The lowest BCUT2D eigenvalue weighted by molar-refractivity contribution is 0.341. The molecule has 0 saturated heterocycles. The molecule has 0 spiro atoms. The topological polar surface area (TPSA) is 9.23 Å². The molecule has 1 heterocycles. The van der Waals surface area contributed by atoms with Gasteiger partial charge in [-0.3, -0.25) is 0 Å². The standard InChI is InChI=1S/C19H16BrClOS/c1-2-22-17-9-4-3-7-15(17)18-11-10-14(23-18)12-13-6-5-8-16(20)19(13)21/h3-11H,2,12H2,1H3. The maximum Gasteiger partial charge on any atom is 0.127 e. The van der Waals surface area contributed by atoms with E-state index in [9.17, 15) is 0 Å². The van der Waals surface area contributed by atoms with E-state index < -0.39 is 0 Å². The average Bonchev–Trinajstić information content (AvgIpc) is 3.01. The van der Waals surface area contributed by atoms with Crippen molar-refractivity contribution in [2.75, 3.05) is 6.61 Å². The maximum absolute atomic E-state index is 6.37. The Balaban J connectivity index is 1.88. The summed E-state index contributed by atoms with van der Waals surface area (Å²) in [7, 11) is 0. The Morgan fingerprint density at radius 2 is 1.87 bits per heavy atom. The van der Waals surface area contributed by atoms with Gasteiger partial charge >= 0.3 is 0 Å². The van der Waals surface area contributed by atoms with Crippen LogP contribution in [0.5, 0.6) is 5.75 Å². The molecule has 0 N–H and O–H groups in total. The Bertz CT molecular complexity index is 813. The highest BCUT2D eigenvalue weighted by Gasteiger charge is 2.10. The van der Waals surface area contributed by atoms with Gasteiger partial charge in [0.1, 0.15) is 5.75 Å². The van der Waals surface area contributed by atoms with Gasteiger partial charge in [-0.2, -0.15) is 0 Å². The summed E-state index contributed by atoms with van der Waals surface area (Å²) in [6.07, 6.45) is 0.833. The van der Waals surface area contributed by atoms with E-state index in [4.69, 9.17) is 16.3 Å². The Kier molecular flexibility index (Phi) is 5.42. The van der Waals surface area contributed by atoms with Gasteiger partial charge in [0.25, 0.3) is 0 Å². The summed E-state index contributed by atoms with van der Waals surface area (Å²) in [6.45, 7) is 2.68. The first-order valence-corrected chi connectivity index (χ1v) is 9.41. The second-order valence-corrected chi connectivity index (χ2v) is 7.49. The van der Waals surface area contributed by atoms with Crippen LogP contribution < -0.4 is 4.74 Å². The highest BCUT2D eigenvalue weighted by molar-refractivity contribution is 9.10. The van der Waals surface area contributed by atoms with Crippen LogP contribution in [0.25, 0.3) is 10.4 Å². The molecule has 0 saturated carbocycles. The Morgan fingerprint density at radius 3 is 2.70 bits per heavy atom. The summed E-state index contributed by atoms with van der Waals surface area (Å²) >= 11 is 11.6. The molecule has 118 valence electrons. The average molecular weight is 408 g/mol. The smallest absolute Gasteiger partial charge is 0.127 e. The molecular formula is C19H16BrClOS. The van der Waals surface area contributed by atoms with Crippen molar-refractivity contribution in [3.8, 4) is 16.2 Å². The molecule has 3 aromatic rings. The number of hydrogen-bond acceptors (Lipinski definition) is 2. The van der Waals surface area contributed by atoms with Crippen LogP contribution in [0.4, 0.5) is 0 Å². The van der Waals surface area contributed by atoms with E-state index in [1.165, 1.54) is 9.75 Å². The molecule has 0 amide bonds. The lowest BCUT2D eigenvalue weighted by Gasteiger charge is -2.08. The van der Waals surface area contributed by atoms with Crippen molar-refractivity contribution in [2.45, 2.75) is 13.3 Å². The maximum atomic E-state index is 6.37. The molecule has 1 nitrogen and oxygen atoms in total. The van der Waals surface area contributed by atoms with Crippen LogP contribution in [0.2, 0.25) is 5.02 Å². The van der Waals surface area contributed by atoms with Crippen LogP contribution in [0.1, 0.15) is 17.4 Å². The third-order valence-electron chi connectivity index (χ3n) is 3.51. The number of ether oxygens (including phenoxy) is 1. The zero-order valence-electron chi connectivity index (χ0n) is 12.7. The minimum atomic E-state index is 0.670. The first kappa shape index (κ1) is 16.6. The summed E-state index contributed by atoms with van der Waals surface area (Å²) in [5, 5.41) is 0.789. The van der Waals surface area contributed by atoms with Gasteiger partial charge in [-0.25, -0.2) is 0 Å². The molecule has 4 heteroatoms. The second kappa shape index (κ2) is 7.52. The monoisotopic (exact) mass is 406 g/mol. The summed E-state index contributed by atoms with van der Waals surface area (Å²) < 4.78 is 6.67. The quantitative estimate of drug-likeness (QED) is 0.451. The van der Waals surface area contributed by atoms with Crippen LogP contribution in [0, 0.1) is 0 Å². The fraction of sp³-hybridized carbons (Fsp3) is 0.158. The molecule has 1 aromatic heterocycles. The lowest BCUT2D eigenvalue weighted by atomic mass is 10.1. The van der Waals surface area contributed by atoms with Crippen molar-refractivity contribution in [3.63, 3.8) is 0 Å². The van der Waals surface area contributed by atoms with Gasteiger partial charge in [-0.15, -0.1) is 11.3 Å². The molecule has 0 bridgehead atoms. The number of hydrogen-bond donors (Lipinski definition) is 0. The van der Waals surface area contributed by atoms with Gasteiger partial charge in [0.05, 0.1) is 11.6 Å². The second-order valence-electron chi connectivity index (χ2n) is 5.08. The highest BCUT2D eigenvalue weighted by atomic mass is 79.9. The van der Waals surface area contributed by atoms with Crippen molar-refractivity contribution in [1.29, 1.82) is 0 Å². The molecule has 0 aliphatic carbocycles. The Morgan fingerprint density at radius 1 is 1.04 bits per heavy atom. The molecule has 0 unspecified atom stereocenters. The third-order valence-corrected chi connectivity index (χ3v) is 5.96. The Hall–Kier alpha value is -1.29. The molecule has 3 rings (SSSR count). The third kappa shape index (κ3) is 3.79. The predicted octanol–water partition coefficient (Wildman–Crippen LogP) is 6.82. The van der Waals surface area contributed by atoms with Gasteiger partial charge in [-0.05, 0) is 58.7 Å². The van der Waals surface area contributed by atoms with E-state index in [1.54, 1.807) is 11.3 Å². The van der Waals surface area contributed by atoms with Gasteiger partial charge in [0.2, 0.25) is 0 Å². The van der Waals surface area contributed by atoms with Crippen molar-refractivity contribution in [2.24, 2.45) is 0 Å². The molecular weight excluding hydrogens is 392 g/mol. The van der Waals surface area contributed by atoms with Crippen molar-refractivity contribution < 1.29 is 4.74 Å². The van der Waals surface area contributed by atoms with Gasteiger partial charge in [0, 0.05) is 26.2 Å². The van der Waals surface area contributed by atoms with E-state index in [0.717, 1.165) is 32.8 Å². The zero-order valence-corrected chi connectivity index (χ0v) is 15.8. The fourth-order valence-electron chi connectivity index (χ4n) is 2.44. The van der Waals surface area contributed by atoms with E-state index in [2.05, 4.69) is 40.2 Å². The molecule has 0 aliphatic heterocycles. The fourth-order valence-corrected chi connectivity index (χ4v) is 4.10. The van der Waals surface area contributed by atoms with E-state index >= 15 is 0 Å². The minimum absolute atomic E-state index is 0.670. The van der Waals surface area contributed by atoms with Crippen molar-refractivity contribution >= 4 is 38.9 Å². The van der Waals surface area contributed by atoms with Crippen molar-refractivity contribution in [1.82, 2.24) is 0 Å². The van der Waals surface area contributed by atoms with Crippen LogP contribution in [-0.4, -0.2) is 6.61 Å². The molecule has 23 heavy (non-hydrogen) atoms. The summed E-state index contributed by atoms with van der Waals surface area (Å²) in [6, 6.07) is 18.5. The predicted molar refractivity (Wildman–Crippen MR) is 103 cm³/mol. The summed E-state index contributed by atoms with van der Waals surface area (Å²) in [4.78, 5) is 2.50. The minimum Gasteiger partial charge on any atom is -0.493 e. The number of para-hydroxylation sites is 1. The Labute approximate surface area is 154 Å². The summed E-state index contributed by atoms with van der Waals surface area (Å²) in [5.74, 6) is 0.934. The van der Waals surface area contributed by atoms with Crippen LogP contribution in [-0.2, 0) is 6.42 Å². The number of benzene rings is 2. The van der Waals surface area contributed by atoms with E-state index in [1.807, 2.05) is 37.3 Å². The number of rotatable bonds is 5. The number of thiophene rings is 1. The highest BCUT2D eigenvalue weighted by Crippen LogP contribution is 2.36. The molecule has 0 fully saturated rings. The SMILES string of the molecule is CCOc1ccccc1-c1ccc(Cc2cccc(Br)c2Cl)s1. The van der Waals surface area contributed by atoms with Crippen LogP contribution in [0.15, 0.2) is 59.1 Å². The van der Waals surface area contributed by atoms with E-state index in [-0.39, 0.29) is 0 Å². The van der Waals surface area contributed by atoms with Crippen molar-refractivity contribution in [3.05, 3.63) is 74.5 Å².